The van der Waals surface area contributed by atoms with Gasteiger partial charge >= 0.3 is 0 Å². The third-order valence-corrected chi connectivity index (χ3v) is 4.89. The minimum Gasteiger partial charge on any atom is -0.397 e. The molecule has 1 aromatic rings. The van der Waals surface area contributed by atoms with Crippen LogP contribution in [-0.4, -0.2) is 26.2 Å². The summed E-state index contributed by atoms with van der Waals surface area (Å²) in [6.07, 6.45) is 1.01. The van der Waals surface area contributed by atoms with Crippen LogP contribution in [0.2, 0.25) is 0 Å². The number of nitrogens with one attached hydrogen (secondary N) is 1. The van der Waals surface area contributed by atoms with E-state index in [4.69, 9.17) is 10.8 Å². The first kappa shape index (κ1) is 15.9. The lowest BCUT2D eigenvalue weighted by molar-refractivity contribution is 0.270. The number of hydrogen-bond acceptors (Lipinski definition) is 4. The first-order valence-electron chi connectivity index (χ1n) is 6.32. The molecule has 0 saturated carbocycles. The topological polar surface area (TPSA) is 92.4 Å². The molecule has 0 saturated heterocycles. The molecule has 4 N–H and O–H groups in total. The number of aliphatic hydroxyl groups excluding tert-OH is 1. The summed E-state index contributed by atoms with van der Waals surface area (Å²) in [5.74, 6) is 0. The number of nitrogen functional groups attached to an aromatic ring is 1. The van der Waals surface area contributed by atoms with Gasteiger partial charge in [-0.2, -0.15) is 0 Å². The third kappa shape index (κ3) is 3.68. The molecule has 1 unspecified atom stereocenters. The maximum Gasteiger partial charge on any atom is 0.243 e. The Labute approximate surface area is 114 Å². The predicted molar refractivity (Wildman–Crippen MR) is 76.4 cm³/mol. The van der Waals surface area contributed by atoms with Gasteiger partial charge in [0, 0.05) is 12.6 Å². The van der Waals surface area contributed by atoms with Gasteiger partial charge < -0.3 is 10.8 Å². The van der Waals surface area contributed by atoms with E-state index in [0.29, 0.717) is 18.4 Å². The summed E-state index contributed by atoms with van der Waals surface area (Å²) in [4.78, 5) is 0.142. The van der Waals surface area contributed by atoms with Crippen LogP contribution in [0.5, 0.6) is 0 Å². The quantitative estimate of drug-likeness (QED) is 0.688. The smallest absolute Gasteiger partial charge is 0.243 e. The summed E-state index contributed by atoms with van der Waals surface area (Å²) < 4.78 is 27.4. The molecule has 5 nitrogen and oxygen atoms in total. The van der Waals surface area contributed by atoms with Crippen LogP contribution in [0.25, 0.3) is 0 Å². The van der Waals surface area contributed by atoms with Crippen molar-refractivity contribution in [2.24, 2.45) is 0 Å². The highest BCUT2D eigenvalue weighted by atomic mass is 32.2. The molecular formula is C13H22N2O3S. The number of rotatable bonds is 6. The Morgan fingerprint density at radius 1 is 1.32 bits per heavy atom. The van der Waals surface area contributed by atoms with Crippen LogP contribution in [0, 0.1) is 13.8 Å². The Morgan fingerprint density at radius 2 is 1.89 bits per heavy atom. The molecule has 0 aliphatic rings. The molecule has 0 aromatic heterocycles. The van der Waals surface area contributed by atoms with Crippen LogP contribution in [-0.2, 0) is 10.0 Å². The van der Waals surface area contributed by atoms with E-state index < -0.39 is 10.0 Å². The number of hydrogen-bond donors (Lipinski definition) is 3. The third-order valence-electron chi connectivity index (χ3n) is 3.17. The van der Waals surface area contributed by atoms with Crippen LogP contribution in [0.15, 0.2) is 17.0 Å². The monoisotopic (exact) mass is 286 g/mol. The van der Waals surface area contributed by atoms with Gasteiger partial charge in [-0.3, -0.25) is 0 Å². The second kappa shape index (κ2) is 6.36. The lowest BCUT2D eigenvalue weighted by Gasteiger charge is -2.18. The molecule has 0 aliphatic carbocycles. The Hall–Kier alpha value is -1.11. The van der Waals surface area contributed by atoms with Crippen molar-refractivity contribution in [2.45, 2.75) is 44.6 Å². The van der Waals surface area contributed by atoms with E-state index in [-0.39, 0.29) is 23.2 Å². The van der Waals surface area contributed by atoms with E-state index in [1.54, 1.807) is 26.0 Å². The number of anilines is 1. The van der Waals surface area contributed by atoms with Gasteiger partial charge in [0.05, 0.1) is 5.69 Å². The summed E-state index contributed by atoms with van der Waals surface area (Å²) in [5.41, 5.74) is 7.53. The Kier molecular flexibility index (Phi) is 5.34. The van der Waals surface area contributed by atoms with E-state index >= 15 is 0 Å². The molecule has 108 valence electrons. The minimum atomic E-state index is -3.66. The predicted octanol–water partition coefficient (Wildman–Crippen LogP) is 1.32. The molecule has 0 bridgehead atoms. The molecular weight excluding hydrogens is 264 g/mol. The molecule has 0 amide bonds. The number of sulfonamides is 1. The average Bonchev–Trinajstić information content (AvgIpc) is 2.33. The number of nitrogens with two attached hydrogens (primary N) is 1. The van der Waals surface area contributed by atoms with Gasteiger partial charge in [-0.15, -0.1) is 0 Å². The van der Waals surface area contributed by atoms with E-state index in [0.717, 1.165) is 5.56 Å². The van der Waals surface area contributed by atoms with Gasteiger partial charge in [0.25, 0.3) is 0 Å². The van der Waals surface area contributed by atoms with Crippen LogP contribution >= 0.6 is 0 Å². The number of benzene rings is 1. The Bertz CT molecular complexity index is 541. The fourth-order valence-electron chi connectivity index (χ4n) is 1.94. The first-order chi connectivity index (χ1) is 8.83. The van der Waals surface area contributed by atoms with Crippen molar-refractivity contribution in [2.75, 3.05) is 12.3 Å². The highest BCUT2D eigenvalue weighted by Gasteiger charge is 2.23. The summed E-state index contributed by atoms with van der Waals surface area (Å²) in [6, 6.07) is 3.26. The molecule has 1 rings (SSSR count). The van der Waals surface area contributed by atoms with Crippen molar-refractivity contribution in [3.63, 3.8) is 0 Å². The highest BCUT2D eigenvalue weighted by molar-refractivity contribution is 7.89. The molecule has 0 spiro atoms. The summed E-state index contributed by atoms with van der Waals surface area (Å²) >= 11 is 0. The van der Waals surface area contributed by atoms with Gasteiger partial charge in [-0.25, -0.2) is 13.1 Å². The number of aliphatic hydroxyl groups is 1. The lowest BCUT2D eigenvalue weighted by Crippen LogP contribution is -2.35. The van der Waals surface area contributed by atoms with Crippen molar-refractivity contribution in [1.29, 1.82) is 0 Å². The molecule has 0 radical (unpaired) electrons. The van der Waals surface area contributed by atoms with Gasteiger partial charge in [0.2, 0.25) is 10.0 Å². The lowest BCUT2D eigenvalue weighted by atomic mass is 10.1. The zero-order chi connectivity index (χ0) is 14.6. The van der Waals surface area contributed by atoms with Crippen LogP contribution < -0.4 is 10.5 Å². The zero-order valence-corrected chi connectivity index (χ0v) is 12.4. The van der Waals surface area contributed by atoms with E-state index in [1.807, 2.05) is 6.92 Å². The van der Waals surface area contributed by atoms with Crippen LogP contribution in [0.3, 0.4) is 0 Å². The molecule has 19 heavy (non-hydrogen) atoms. The summed E-state index contributed by atoms with van der Waals surface area (Å²) in [6.45, 7) is 5.31. The van der Waals surface area contributed by atoms with Crippen molar-refractivity contribution in [3.8, 4) is 0 Å². The maximum absolute atomic E-state index is 12.4. The Balaban J connectivity index is 3.17. The molecule has 0 aliphatic heterocycles. The second-order valence-electron chi connectivity index (χ2n) is 4.68. The van der Waals surface area contributed by atoms with Crippen LogP contribution in [0.4, 0.5) is 5.69 Å². The Morgan fingerprint density at radius 3 is 2.42 bits per heavy atom. The van der Waals surface area contributed by atoms with Gasteiger partial charge in [0.1, 0.15) is 4.90 Å². The zero-order valence-electron chi connectivity index (χ0n) is 11.6. The summed E-state index contributed by atoms with van der Waals surface area (Å²) in [5, 5.41) is 8.93. The minimum absolute atomic E-state index is 0.0523. The molecule has 0 fully saturated rings. The van der Waals surface area contributed by atoms with Crippen molar-refractivity contribution in [1.82, 2.24) is 4.72 Å². The molecule has 1 aromatic carbocycles. The van der Waals surface area contributed by atoms with Crippen molar-refractivity contribution in [3.05, 3.63) is 23.3 Å². The SMILES string of the molecule is CCC(CCO)NS(=O)(=O)c1c(C)ccc(C)c1N. The largest absolute Gasteiger partial charge is 0.397 e. The van der Waals surface area contributed by atoms with Gasteiger partial charge in [-0.05, 0) is 37.8 Å². The number of aryl methyl sites for hydroxylation is 2. The molecule has 0 heterocycles. The van der Waals surface area contributed by atoms with Gasteiger partial charge in [0.15, 0.2) is 0 Å². The van der Waals surface area contributed by atoms with Crippen molar-refractivity contribution >= 4 is 15.7 Å². The van der Waals surface area contributed by atoms with E-state index in [1.165, 1.54) is 0 Å². The maximum atomic E-state index is 12.4. The summed E-state index contributed by atoms with van der Waals surface area (Å²) in [7, 11) is -3.66. The second-order valence-corrected chi connectivity index (χ2v) is 6.33. The van der Waals surface area contributed by atoms with E-state index in [2.05, 4.69) is 4.72 Å². The molecule has 1 atom stereocenters. The first-order valence-corrected chi connectivity index (χ1v) is 7.80. The highest BCUT2D eigenvalue weighted by Crippen LogP contribution is 2.26. The van der Waals surface area contributed by atoms with E-state index in [9.17, 15) is 8.42 Å². The fraction of sp³-hybridized carbons (Fsp3) is 0.538. The van der Waals surface area contributed by atoms with Crippen molar-refractivity contribution < 1.29 is 13.5 Å². The average molecular weight is 286 g/mol. The fourth-order valence-corrected chi connectivity index (χ4v) is 3.73. The standard InChI is InChI=1S/C13H22N2O3S/c1-4-11(7-8-16)15-19(17,18)13-10(3)6-5-9(2)12(13)14/h5-6,11,15-16H,4,7-8,14H2,1-3H3. The molecule has 6 heteroatoms. The van der Waals surface area contributed by atoms with Crippen LogP contribution in [0.1, 0.15) is 30.9 Å². The normalized spacial score (nSPS) is 13.5. The van der Waals surface area contributed by atoms with Gasteiger partial charge in [-0.1, -0.05) is 19.1 Å².